The SMILES string of the molecule is NC(=O)CC1=NC=NC1=O. The first kappa shape index (κ1) is 6.60. The molecule has 0 saturated carbocycles. The Labute approximate surface area is 56.6 Å². The molecule has 0 spiro atoms. The van der Waals surface area contributed by atoms with Crippen LogP contribution >= 0.6 is 0 Å². The molecule has 0 fully saturated rings. The van der Waals surface area contributed by atoms with Crippen LogP contribution in [0.15, 0.2) is 9.98 Å². The fraction of sp³-hybridized carbons (Fsp3) is 0.200. The summed E-state index contributed by atoms with van der Waals surface area (Å²) >= 11 is 0. The van der Waals surface area contributed by atoms with Crippen molar-refractivity contribution in [2.45, 2.75) is 6.42 Å². The molecule has 1 aliphatic heterocycles. The summed E-state index contributed by atoms with van der Waals surface area (Å²) in [5, 5.41) is 0. The standard InChI is InChI=1S/C5H5N3O2/c6-4(9)1-3-5(10)8-2-7-3/h2H,1H2,(H2,6,9). The smallest absolute Gasteiger partial charge is 0.293 e. The Morgan fingerprint density at radius 1 is 1.70 bits per heavy atom. The predicted molar refractivity (Wildman–Crippen MR) is 34.7 cm³/mol. The molecular formula is C5H5N3O2. The first-order valence-electron chi connectivity index (χ1n) is 2.62. The molecule has 0 bridgehead atoms. The van der Waals surface area contributed by atoms with E-state index in [-0.39, 0.29) is 12.1 Å². The van der Waals surface area contributed by atoms with E-state index >= 15 is 0 Å². The summed E-state index contributed by atoms with van der Waals surface area (Å²) < 4.78 is 0. The van der Waals surface area contributed by atoms with Crippen LogP contribution in [0.2, 0.25) is 0 Å². The molecular weight excluding hydrogens is 134 g/mol. The minimum atomic E-state index is -0.572. The van der Waals surface area contributed by atoms with Gasteiger partial charge < -0.3 is 5.73 Å². The summed E-state index contributed by atoms with van der Waals surface area (Å²) in [5.74, 6) is -1.04. The quantitative estimate of drug-likeness (QED) is 0.525. The zero-order valence-electron chi connectivity index (χ0n) is 5.07. The van der Waals surface area contributed by atoms with Crippen LogP contribution in [-0.2, 0) is 9.59 Å². The molecule has 1 rings (SSSR count). The van der Waals surface area contributed by atoms with Crippen LogP contribution in [0.4, 0.5) is 0 Å². The van der Waals surface area contributed by atoms with E-state index in [4.69, 9.17) is 5.73 Å². The second-order valence-corrected chi connectivity index (χ2v) is 1.77. The van der Waals surface area contributed by atoms with Crippen LogP contribution < -0.4 is 5.73 Å². The van der Waals surface area contributed by atoms with Crippen molar-refractivity contribution in [2.75, 3.05) is 0 Å². The first-order chi connectivity index (χ1) is 4.70. The van der Waals surface area contributed by atoms with Gasteiger partial charge in [0.25, 0.3) is 5.91 Å². The minimum absolute atomic E-state index is 0.118. The maximum atomic E-state index is 10.6. The van der Waals surface area contributed by atoms with Gasteiger partial charge in [-0.05, 0) is 0 Å². The zero-order chi connectivity index (χ0) is 7.56. The Morgan fingerprint density at radius 3 is 2.80 bits per heavy atom. The molecule has 1 heterocycles. The number of nitrogens with two attached hydrogens (primary N) is 1. The topological polar surface area (TPSA) is 84.9 Å². The number of aliphatic imine (C=N–C) groups is 2. The molecule has 0 aromatic carbocycles. The molecule has 0 unspecified atom stereocenters. The highest BCUT2D eigenvalue weighted by molar-refractivity contribution is 6.46. The average molecular weight is 139 g/mol. The van der Waals surface area contributed by atoms with E-state index in [0.717, 1.165) is 6.34 Å². The molecule has 0 aromatic heterocycles. The van der Waals surface area contributed by atoms with Crippen LogP contribution in [0.25, 0.3) is 0 Å². The fourth-order valence-corrected chi connectivity index (χ4v) is 0.567. The number of carbonyl (C=O) groups is 2. The number of hydrogen-bond donors (Lipinski definition) is 1. The second-order valence-electron chi connectivity index (χ2n) is 1.77. The van der Waals surface area contributed by atoms with Gasteiger partial charge in [-0.2, -0.15) is 4.99 Å². The molecule has 0 aromatic rings. The summed E-state index contributed by atoms with van der Waals surface area (Å²) in [5.41, 5.74) is 4.93. The third-order valence-corrected chi connectivity index (χ3v) is 0.977. The van der Waals surface area contributed by atoms with E-state index in [9.17, 15) is 9.59 Å². The third-order valence-electron chi connectivity index (χ3n) is 0.977. The van der Waals surface area contributed by atoms with Crippen molar-refractivity contribution in [3.63, 3.8) is 0 Å². The van der Waals surface area contributed by atoms with Crippen molar-refractivity contribution < 1.29 is 9.59 Å². The summed E-state index contributed by atoms with van der Waals surface area (Å²) in [6.07, 6.45) is 0.986. The van der Waals surface area contributed by atoms with Gasteiger partial charge in [0.15, 0.2) is 0 Å². The van der Waals surface area contributed by atoms with E-state index in [1.807, 2.05) is 0 Å². The van der Waals surface area contributed by atoms with Crippen molar-refractivity contribution in [2.24, 2.45) is 15.7 Å². The van der Waals surface area contributed by atoms with E-state index in [1.165, 1.54) is 0 Å². The Bertz CT molecular complexity index is 241. The molecule has 0 radical (unpaired) electrons. The monoisotopic (exact) mass is 139 g/mol. The van der Waals surface area contributed by atoms with Gasteiger partial charge in [0, 0.05) is 0 Å². The number of rotatable bonds is 2. The third kappa shape index (κ3) is 1.25. The number of hydrogen-bond acceptors (Lipinski definition) is 3. The molecule has 2 N–H and O–H groups in total. The lowest BCUT2D eigenvalue weighted by molar-refractivity contribution is -0.118. The van der Waals surface area contributed by atoms with Gasteiger partial charge in [0.2, 0.25) is 5.91 Å². The van der Waals surface area contributed by atoms with E-state index in [1.54, 1.807) is 0 Å². The largest absolute Gasteiger partial charge is 0.369 e. The van der Waals surface area contributed by atoms with Crippen LogP contribution in [-0.4, -0.2) is 23.9 Å². The van der Waals surface area contributed by atoms with E-state index < -0.39 is 11.8 Å². The summed E-state index contributed by atoms with van der Waals surface area (Å²) in [7, 11) is 0. The molecule has 0 atom stereocenters. The highest BCUT2D eigenvalue weighted by Gasteiger charge is 2.15. The maximum absolute atomic E-state index is 10.6. The van der Waals surface area contributed by atoms with Crippen molar-refractivity contribution in [3.05, 3.63) is 0 Å². The maximum Gasteiger partial charge on any atom is 0.293 e. The Kier molecular flexibility index (Phi) is 1.57. The molecule has 5 nitrogen and oxygen atoms in total. The lowest BCUT2D eigenvalue weighted by atomic mass is 10.2. The van der Waals surface area contributed by atoms with Gasteiger partial charge >= 0.3 is 0 Å². The molecule has 2 amide bonds. The molecule has 1 aliphatic rings. The van der Waals surface area contributed by atoms with Crippen LogP contribution in [0.3, 0.4) is 0 Å². The molecule has 5 heteroatoms. The highest BCUT2D eigenvalue weighted by atomic mass is 16.2. The Balaban J connectivity index is 2.61. The van der Waals surface area contributed by atoms with Gasteiger partial charge in [-0.1, -0.05) is 0 Å². The summed E-state index contributed by atoms with van der Waals surface area (Å²) in [6, 6.07) is 0. The Hall–Kier alpha value is -1.52. The highest BCUT2D eigenvalue weighted by Crippen LogP contribution is 1.94. The second kappa shape index (κ2) is 2.38. The van der Waals surface area contributed by atoms with Gasteiger partial charge in [0.1, 0.15) is 12.1 Å². The van der Waals surface area contributed by atoms with E-state index in [2.05, 4.69) is 9.98 Å². The lowest BCUT2D eigenvalue weighted by Crippen LogP contribution is -2.19. The average Bonchev–Trinajstić information content (AvgIpc) is 2.15. The molecule has 0 saturated heterocycles. The summed E-state index contributed by atoms with van der Waals surface area (Å²) in [6.45, 7) is 0. The van der Waals surface area contributed by atoms with Gasteiger partial charge in [-0.25, -0.2) is 4.99 Å². The van der Waals surface area contributed by atoms with Crippen molar-refractivity contribution >= 4 is 23.9 Å². The normalized spacial score (nSPS) is 15.6. The van der Waals surface area contributed by atoms with Crippen molar-refractivity contribution in [1.82, 2.24) is 0 Å². The number of primary amides is 1. The number of nitrogens with zero attached hydrogens (tertiary/aromatic N) is 2. The van der Waals surface area contributed by atoms with Crippen LogP contribution in [0.5, 0.6) is 0 Å². The molecule has 52 valence electrons. The number of carbonyl (C=O) groups excluding carboxylic acids is 2. The minimum Gasteiger partial charge on any atom is -0.369 e. The van der Waals surface area contributed by atoms with Crippen molar-refractivity contribution in [1.29, 1.82) is 0 Å². The van der Waals surface area contributed by atoms with Gasteiger partial charge in [0.05, 0.1) is 6.42 Å². The van der Waals surface area contributed by atoms with Crippen LogP contribution in [0.1, 0.15) is 6.42 Å². The van der Waals surface area contributed by atoms with Gasteiger partial charge in [-0.3, -0.25) is 9.59 Å². The Morgan fingerprint density at radius 2 is 2.40 bits per heavy atom. The first-order valence-corrected chi connectivity index (χ1v) is 2.62. The van der Waals surface area contributed by atoms with E-state index in [0.29, 0.717) is 0 Å². The summed E-state index contributed by atoms with van der Waals surface area (Å²) in [4.78, 5) is 27.6. The lowest BCUT2D eigenvalue weighted by Gasteiger charge is -1.89. The molecule has 0 aliphatic carbocycles. The fourth-order valence-electron chi connectivity index (χ4n) is 0.567. The van der Waals surface area contributed by atoms with Crippen LogP contribution in [0, 0.1) is 0 Å². The molecule has 10 heavy (non-hydrogen) atoms. The van der Waals surface area contributed by atoms with Gasteiger partial charge in [-0.15, -0.1) is 0 Å². The zero-order valence-corrected chi connectivity index (χ0v) is 5.07. The number of amides is 2. The van der Waals surface area contributed by atoms with Crippen molar-refractivity contribution in [3.8, 4) is 0 Å². The predicted octanol–water partition coefficient (Wildman–Crippen LogP) is -1.13.